The molecule has 36 heavy (non-hydrogen) atoms. The van der Waals surface area contributed by atoms with Crippen molar-refractivity contribution in [1.29, 1.82) is 5.26 Å². The van der Waals surface area contributed by atoms with E-state index in [1.807, 2.05) is 17.0 Å². The van der Waals surface area contributed by atoms with Gasteiger partial charge in [-0.2, -0.15) is 10.3 Å². The van der Waals surface area contributed by atoms with E-state index in [2.05, 4.69) is 78.6 Å². The van der Waals surface area contributed by atoms with Gasteiger partial charge >= 0.3 is 0 Å². The highest BCUT2D eigenvalue weighted by molar-refractivity contribution is 7.99. The smallest absolute Gasteiger partial charge is 0.267 e. The lowest BCUT2D eigenvalue weighted by atomic mass is 9.75. The summed E-state index contributed by atoms with van der Waals surface area (Å²) in [5, 5.41) is 9.99. The van der Waals surface area contributed by atoms with Gasteiger partial charge in [-0.15, -0.1) is 0 Å². The van der Waals surface area contributed by atoms with Crippen LogP contribution in [-0.4, -0.2) is 31.5 Å². The Kier molecular flexibility index (Phi) is 5.75. The minimum atomic E-state index is -0.487. The van der Waals surface area contributed by atoms with Crippen LogP contribution in [0.25, 0.3) is 5.57 Å². The van der Waals surface area contributed by atoms with E-state index in [0.29, 0.717) is 19.0 Å². The molecule has 0 N–H and O–H groups in total. The number of hydrogen-bond donors (Lipinski definition) is 0. The van der Waals surface area contributed by atoms with Crippen LogP contribution in [0.15, 0.2) is 87.6 Å². The van der Waals surface area contributed by atoms with E-state index in [4.69, 9.17) is 4.74 Å². The molecule has 6 rings (SSSR count). The van der Waals surface area contributed by atoms with Crippen molar-refractivity contribution in [2.24, 2.45) is 4.99 Å². The highest BCUT2D eigenvalue weighted by Crippen LogP contribution is 2.42. The molecule has 3 aromatic carbocycles. The number of ether oxygens (including phenoxy) is 1. The number of aliphatic imine (C=N–C) groups is 1. The van der Waals surface area contributed by atoms with E-state index in [1.165, 1.54) is 5.56 Å². The van der Waals surface area contributed by atoms with Crippen LogP contribution < -0.4 is 4.90 Å². The summed E-state index contributed by atoms with van der Waals surface area (Å²) in [5.74, 6) is 0.574. The summed E-state index contributed by atoms with van der Waals surface area (Å²) in [4.78, 5) is 20.7. The Bertz CT molecular complexity index is 1480. The van der Waals surface area contributed by atoms with E-state index in [1.54, 1.807) is 11.8 Å². The molecule has 0 radical (unpaired) electrons. The number of aryl methyl sites for hydroxylation is 1. The average molecular weight is 492 g/mol. The van der Waals surface area contributed by atoms with Crippen molar-refractivity contribution in [3.63, 3.8) is 0 Å². The van der Waals surface area contributed by atoms with Crippen LogP contribution in [0.5, 0.6) is 0 Å². The molecule has 0 atom stereocenters. The lowest BCUT2D eigenvalue weighted by Crippen LogP contribution is -2.32. The number of carbonyl (C=O) groups excluding carboxylic acids is 1. The molecule has 1 amide bonds. The molecule has 3 aliphatic rings. The van der Waals surface area contributed by atoms with Crippen molar-refractivity contribution >= 4 is 34.8 Å². The third-order valence-electron chi connectivity index (χ3n) is 7.14. The van der Waals surface area contributed by atoms with Gasteiger partial charge in [0, 0.05) is 28.6 Å². The van der Waals surface area contributed by atoms with Gasteiger partial charge in [-0.05, 0) is 66.8 Å². The van der Waals surface area contributed by atoms with Crippen LogP contribution in [0.4, 0.5) is 5.69 Å². The molecule has 1 saturated heterocycles. The zero-order valence-corrected chi connectivity index (χ0v) is 20.8. The molecule has 0 unspecified atom stereocenters. The molecule has 0 spiro atoms. The van der Waals surface area contributed by atoms with Gasteiger partial charge in [0.05, 0.1) is 17.2 Å². The monoisotopic (exact) mass is 491 g/mol. The Morgan fingerprint density at radius 2 is 1.83 bits per heavy atom. The molecule has 3 aromatic rings. The van der Waals surface area contributed by atoms with Crippen LogP contribution in [0.1, 0.15) is 35.1 Å². The molecule has 6 heteroatoms. The first-order chi connectivity index (χ1) is 17.5. The molecule has 178 valence electrons. The van der Waals surface area contributed by atoms with Crippen molar-refractivity contribution < 1.29 is 9.53 Å². The summed E-state index contributed by atoms with van der Waals surface area (Å²) >= 11 is 1.67. The fourth-order valence-corrected chi connectivity index (χ4v) is 6.13. The van der Waals surface area contributed by atoms with E-state index in [0.717, 1.165) is 50.6 Å². The summed E-state index contributed by atoms with van der Waals surface area (Å²) in [6.45, 7) is 3.58. The van der Waals surface area contributed by atoms with Crippen molar-refractivity contribution in [3.05, 3.63) is 95.1 Å². The molecule has 3 aliphatic heterocycles. The second-order valence-corrected chi connectivity index (χ2v) is 10.6. The van der Waals surface area contributed by atoms with Crippen molar-refractivity contribution in [1.82, 2.24) is 0 Å². The summed E-state index contributed by atoms with van der Waals surface area (Å²) in [7, 11) is 0. The number of anilines is 1. The fourth-order valence-electron chi connectivity index (χ4n) is 5.22. The number of amidine groups is 1. The number of rotatable bonds is 4. The number of nitriles is 1. The minimum Gasteiger partial charge on any atom is -0.381 e. The quantitative estimate of drug-likeness (QED) is 0.454. The molecule has 0 saturated carbocycles. The topological polar surface area (TPSA) is 65.7 Å². The predicted molar refractivity (Wildman–Crippen MR) is 142 cm³/mol. The molecule has 5 nitrogen and oxygen atoms in total. The van der Waals surface area contributed by atoms with Gasteiger partial charge in [0.15, 0.2) is 0 Å². The molecule has 0 aromatic heterocycles. The van der Waals surface area contributed by atoms with Crippen molar-refractivity contribution in [3.8, 4) is 6.07 Å². The maximum absolute atomic E-state index is 12.2. The molecular formula is C30H25N3O2S. The van der Waals surface area contributed by atoms with Gasteiger partial charge in [0.25, 0.3) is 5.91 Å². The highest BCUT2D eigenvalue weighted by atomic mass is 32.2. The summed E-state index contributed by atoms with van der Waals surface area (Å²) in [6, 6.07) is 25.7. The fraction of sp³-hybridized carbons (Fsp3) is 0.233. The minimum absolute atomic E-state index is 0.123. The number of hydrogen-bond acceptors (Lipinski definition) is 5. The second kappa shape index (κ2) is 9.09. The van der Waals surface area contributed by atoms with E-state index < -0.39 is 5.41 Å². The van der Waals surface area contributed by atoms with Gasteiger partial charge in [-0.25, -0.2) is 0 Å². The molecule has 0 aliphatic carbocycles. The van der Waals surface area contributed by atoms with E-state index in [9.17, 15) is 10.1 Å². The van der Waals surface area contributed by atoms with Gasteiger partial charge in [-0.1, -0.05) is 59.8 Å². The third-order valence-corrected chi connectivity index (χ3v) is 8.12. The Morgan fingerprint density at radius 3 is 2.64 bits per heavy atom. The molecule has 1 fully saturated rings. The number of benzene rings is 3. The number of nitrogens with zero attached hydrogens (tertiary/aromatic N) is 3. The normalized spacial score (nSPS) is 18.1. The van der Waals surface area contributed by atoms with Gasteiger partial charge in [-0.3, -0.25) is 4.79 Å². The SMILES string of the molecule is Cc1cccc(C2=CC3=NC(=O)CN3c3cc(Sc4cccc(C5(C#N)CCOCC5)c4)ccc32)c1. The predicted octanol–water partition coefficient (Wildman–Crippen LogP) is 5.91. The van der Waals surface area contributed by atoms with Gasteiger partial charge < -0.3 is 9.64 Å². The second-order valence-electron chi connectivity index (χ2n) is 9.49. The number of carbonyl (C=O) groups is 1. The molecule has 3 heterocycles. The Labute approximate surface area is 215 Å². The van der Waals surface area contributed by atoms with Gasteiger partial charge in [0.2, 0.25) is 0 Å². The lowest BCUT2D eigenvalue weighted by molar-refractivity contribution is -0.115. The summed E-state index contributed by atoms with van der Waals surface area (Å²) in [6.07, 6.45) is 3.46. The summed E-state index contributed by atoms with van der Waals surface area (Å²) in [5.41, 5.74) is 6.04. The van der Waals surface area contributed by atoms with Crippen LogP contribution in [0, 0.1) is 18.3 Å². The Hall–Kier alpha value is -3.66. The summed E-state index contributed by atoms with van der Waals surface area (Å²) < 4.78 is 5.52. The Morgan fingerprint density at radius 1 is 1.03 bits per heavy atom. The van der Waals surface area contributed by atoms with E-state index >= 15 is 0 Å². The highest BCUT2D eigenvalue weighted by Gasteiger charge is 2.35. The Balaban J connectivity index is 1.36. The third kappa shape index (κ3) is 4.05. The largest absolute Gasteiger partial charge is 0.381 e. The van der Waals surface area contributed by atoms with Crippen LogP contribution in [-0.2, 0) is 14.9 Å². The van der Waals surface area contributed by atoms with Crippen molar-refractivity contribution in [2.75, 3.05) is 24.7 Å². The van der Waals surface area contributed by atoms with Crippen LogP contribution in [0.3, 0.4) is 0 Å². The first kappa shape index (κ1) is 22.8. The van der Waals surface area contributed by atoms with Crippen molar-refractivity contribution in [2.45, 2.75) is 35.0 Å². The first-order valence-electron chi connectivity index (χ1n) is 12.1. The zero-order chi connectivity index (χ0) is 24.7. The number of fused-ring (bicyclic) bond motifs is 3. The maximum atomic E-state index is 12.2. The molecule has 0 bridgehead atoms. The van der Waals surface area contributed by atoms with Crippen LogP contribution in [0.2, 0.25) is 0 Å². The number of amides is 1. The van der Waals surface area contributed by atoms with Crippen LogP contribution >= 0.6 is 11.8 Å². The standard InChI is InChI=1S/C30H25N3O2S/c1-20-4-2-5-21(14-20)26-17-28-32-29(34)18-33(28)27-16-24(8-9-25(26)27)36-23-7-3-6-22(15-23)30(19-31)10-12-35-13-11-30/h2-9,14-17H,10-13,18H2,1H3. The van der Waals surface area contributed by atoms with Gasteiger partial charge in [0.1, 0.15) is 12.4 Å². The first-order valence-corrected chi connectivity index (χ1v) is 13.0. The lowest BCUT2D eigenvalue weighted by Gasteiger charge is -2.31. The average Bonchev–Trinajstić information content (AvgIpc) is 3.29. The van der Waals surface area contributed by atoms with E-state index in [-0.39, 0.29) is 12.5 Å². The zero-order valence-electron chi connectivity index (χ0n) is 20.0. The maximum Gasteiger partial charge on any atom is 0.267 e. The molecular weight excluding hydrogens is 466 g/mol.